The first-order valence-corrected chi connectivity index (χ1v) is 6.39. The summed E-state index contributed by atoms with van der Waals surface area (Å²) in [5.74, 6) is 0.487. The third kappa shape index (κ3) is 3.43. The number of hydrogen-bond acceptors (Lipinski definition) is 4. The first-order chi connectivity index (χ1) is 8.15. The number of pyridine rings is 1. The fraction of sp³-hybridized carbons (Fsp3) is 0.0909. The second-order valence-electron chi connectivity index (χ2n) is 3.30. The number of nitrogens with zero attached hydrogens (tertiary/aromatic N) is 2. The number of thiophene rings is 1. The Kier molecular flexibility index (Phi) is 3.99. The summed E-state index contributed by atoms with van der Waals surface area (Å²) in [5.41, 5.74) is 2.77. The maximum Gasteiger partial charge on any atom is 0.165 e. The lowest BCUT2D eigenvalue weighted by atomic mass is 10.4. The van der Waals surface area contributed by atoms with Crippen LogP contribution in [0, 0.1) is 6.92 Å². The van der Waals surface area contributed by atoms with Gasteiger partial charge in [-0.3, -0.25) is 5.43 Å². The van der Waals surface area contributed by atoms with Gasteiger partial charge in [0.05, 0.1) is 16.3 Å². The summed E-state index contributed by atoms with van der Waals surface area (Å²) in [4.78, 5) is 6.34. The topological polar surface area (TPSA) is 37.3 Å². The van der Waals surface area contributed by atoms with Gasteiger partial charge in [0.1, 0.15) is 0 Å². The first-order valence-electron chi connectivity index (χ1n) is 4.82. The van der Waals surface area contributed by atoms with E-state index in [9.17, 15) is 0 Å². The van der Waals surface area contributed by atoms with E-state index < -0.39 is 0 Å². The van der Waals surface area contributed by atoms with Crippen molar-refractivity contribution in [3.8, 4) is 0 Å². The molecule has 0 aliphatic carbocycles. The van der Waals surface area contributed by atoms with E-state index in [-0.39, 0.29) is 0 Å². The van der Waals surface area contributed by atoms with Crippen LogP contribution in [-0.4, -0.2) is 11.2 Å². The summed E-state index contributed by atoms with van der Waals surface area (Å²) in [6.07, 6.45) is 3.24. The van der Waals surface area contributed by atoms with Crippen LogP contribution in [0.5, 0.6) is 0 Å². The Bertz CT molecular complexity index is 551. The van der Waals surface area contributed by atoms with Crippen molar-refractivity contribution in [2.24, 2.45) is 5.10 Å². The standard InChI is InChI=1S/C11H9Cl2N3S/c1-7-2-3-9(17-7)6-15-16-11-10(13)4-8(12)5-14-11/h2-6H,1H3,(H,14,16)/b15-6-. The third-order valence-electron chi connectivity index (χ3n) is 1.93. The van der Waals surface area contributed by atoms with Crippen molar-refractivity contribution in [1.29, 1.82) is 0 Å². The predicted molar refractivity (Wildman–Crippen MR) is 74.5 cm³/mol. The summed E-state index contributed by atoms with van der Waals surface area (Å²) < 4.78 is 0. The first kappa shape index (κ1) is 12.4. The van der Waals surface area contributed by atoms with Gasteiger partial charge in [0, 0.05) is 16.0 Å². The van der Waals surface area contributed by atoms with E-state index in [0.717, 1.165) is 4.88 Å². The molecule has 0 fully saturated rings. The zero-order chi connectivity index (χ0) is 12.3. The number of rotatable bonds is 3. The molecule has 0 aliphatic heterocycles. The predicted octanol–water partition coefficient (Wildman–Crippen LogP) is 4.20. The smallest absolute Gasteiger partial charge is 0.165 e. The third-order valence-corrected chi connectivity index (χ3v) is 3.36. The minimum atomic E-state index is 0.442. The van der Waals surface area contributed by atoms with Crippen molar-refractivity contribution in [2.45, 2.75) is 6.92 Å². The largest absolute Gasteiger partial charge is 0.260 e. The quantitative estimate of drug-likeness (QED) is 0.678. The van der Waals surface area contributed by atoms with Gasteiger partial charge in [-0.25, -0.2) is 4.98 Å². The molecule has 1 N–H and O–H groups in total. The van der Waals surface area contributed by atoms with Crippen LogP contribution in [0.2, 0.25) is 10.0 Å². The van der Waals surface area contributed by atoms with Crippen LogP contribution in [0.15, 0.2) is 29.5 Å². The maximum atomic E-state index is 5.93. The van der Waals surface area contributed by atoms with Crippen molar-refractivity contribution in [3.05, 3.63) is 44.2 Å². The molecule has 2 rings (SSSR count). The summed E-state index contributed by atoms with van der Waals surface area (Å²) in [5, 5.41) is 5.00. The molecule has 0 spiro atoms. The summed E-state index contributed by atoms with van der Waals surface area (Å²) in [6.45, 7) is 2.05. The van der Waals surface area contributed by atoms with Crippen molar-refractivity contribution >= 4 is 46.6 Å². The van der Waals surface area contributed by atoms with Crippen LogP contribution in [-0.2, 0) is 0 Å². The highest BCUT2D eigenvalue weighted by Crippen LogP contribution is 2.22. The number of halogens is 2. The lowest BCUT2D eigenvalue weighted by Gasteiger charge is -2.01. The Balaban J connectivity index is 2.04. The molecule has 2 aromatic heterocycles. The Morgan fingerprint density at radius 2 is 2.24 bits per heavy atom. The van der Waals surface area contributed by atoms with E-state index >= 15 is 0 Å². The van der Waals surface area contributed by atoms with Crippen molar-refractivity contribution in [3.63, 3.8) is 0 Å². The minimum Gasteiger partial charge on any atom is -0.260 e. The van der Waals surface area contributed by atoms with Gasteiger partial charge in [-0.2, -0.15) is 5.10 Å². The monoisotopic (exact) mass is 285 g/mol. The van der Waals surface area contributed by atoms with Gasteiger partial charge in [-0.1, -0.05) is 23.2 Å². The van der Waals surface area contributed by atoms with Crippen LogP contribution in [0.3, 0.4) is 0 Å². The molecule has 88 valence electrons. The molecule has 0 aromatic carbocycles. The maximum absolute atomic E-state index is 5.93. The highest BCUT2D eigenvalue weighted by molar-refractivity contribution is 7.13. The van der Waals surface area contributed by atoms with Crippen molar-refractivity contribution in [2.75, 3.05) is 5.43 Å². The van der Waals surface area contributed by atoms with Gasteiger partial charge in [0.2, 0.25) is 0 Å². The van der Waals surface area contributed by atoms with Gasteiger partial charge in [-0.05, 0) is 25.1 Å². The fourth-order valence-electron chi connectivity index (χ4n) is 1.18. The van der Waals surface area contributed by atoms with E-state index in [0.29, 0.717) is 15.9 Å². The lowest BCUT2D eigenvalue weighted by molar-refractivity contribution is 1.23. The van der Waals surface area contributed by atoms with Crippen LogP contribution >= 0.6 is 34.5 Å². The van der Waals surface area contributed by atoms with E-state index in [1.165, 1.54) is 11.1 Å². The number of hydrazone groups is 1. The fourth-order valence-corrected chi connectivity index (χ4v) is 2.35. The van der Waals surface area contributed by atoms with Crippen LogP contribution < -0.4 is 5.43 Å². The highest BCUT2D eigenvalue weighted by atomic mass is 35.5. The molecular formula is C11H9Cl2N3S. The molecule has 0 atom stereocenters. The number of aryl methyl sites for hydroxylation is 1. The molecule has 0 bridgehead atoms. The second-order valence-corrected chi connectivity index (χ2v) is 5.47. The number of aromatic nitrogens is 1. The molecule has 2 aromatic rings. The Morgan fingerprint density at radius 3 is 2.88 bits per heavy atom. The molecule has 0 radical (unpaired) electrons. The number of hydrogen-bond donors (Lipinski definition) is 1. The molecule has 0 saturated heterocycles. The molecule has 3 nitrogen and oxygen atoms in total. The lowest BCUT2D eigenvalue weighted by Crippen LogP contribution is -1.93. The van der Waals surface area contributed by atoms with Crippen molar-refractivity contribution in [1.82, 2.24) is 4.98 Å². The summed E-state index contributed by atoms with van der Waals surface area (Å²) >= 11 is 13.3. The van der Waals surface area contributed by atoms with E-state index in [1.807, 2.05) is 19.1 Å². The van der Waals surface area contributed by atoms with Crippen LogP contribution in [0.25, 0.3) is 0 Å². The van der Waals surface area contributed by atoms with E-state index in [2.05, 4.69) is 15.5 Å². The normalized spacial score (nSPS) is 11.0. The van der Waals surface area contributed by atoms with Gasteiger partial charge >= 0.3 is 0 Å². The SMILES string of the molecule is Cc1ccc(/C=N\Nc2ncc(Cl)cc2Cl)s1. The second kappa shape index (κ2) is 5.49. The Hall–Kier alpha value is -1.10. The highest BCUT2D eigenvalue weighted by Gasteiger charge is 2.00. The molecule has 2 heterocycles. The molecule has 6 heteroatoms. The zero-order valence-corrected chi connectivity index (χ0v) is 11.3. The minimum absolute atomic E-state index is 0.442. The van der Waals surface area contributed by atoms with Crippen LogP contribution in [0.4, 0.5) is 5.82 Å². The molecule has 17 heavy (non-hydrogen) atoms. The van der Waals surface area contributed by atoms with Gasteiger partial charge in [-0.15, -0.1) is 11.3 Å². The van der Waals surface area contributed by atoms with Crippen LogP contribution in [0.1, 0.15) is 9.75 Å². The van der Waals surface area contributed by atoms with Gasteiger partial charge in [0.25, 0.3) is 0 Å². The molecular weight excluding hydrogens is 277 g/mol. The molecule has 0 saturated carbocycles. The number of nitrogens with one attached hydrogen (secondary N) is 1. The van der Waals surface area contributed by atoms with E-state index in [1.54, 1.807) is 23.6 Å². The molecule has 0 amide bonds. The van der Waals surface area contributed by atoms with E-state index in [4.69, 9.17) is 23.2 Å². The Labute approximate surface area is 113 Å². The average molecular weight is 286 g/mol. The molecule has 0 unspecified atom stereocenters. The number of anilines is 1. The van der Waals surface area contributed by atoms with Gasteiger partial charge in [0.15, 0.2) is 5.82 Å². The van der Waals surface area contributed by atoms with Crippen molar-refractivity contribution < 1.29 is 0 Å². The average Bonchev–Trinajstić information content (AvgIpc) is 2.68. The van der Waals surface area contributed by atoms with Gasteiger partial charge < -0.3 is 0 Å². The summed E-state index contributed by atoms with van der Waals surface area (Å²) in [7, 11) is 0. The molecule has 0 aliphatic rings. The zero-order valence-electron chi connectivity index (χ0n) is 8.95. The Morgan fingerprint density at radius 1 is 1.41 bits per heavy atom. The summed E-state index contributed by atoms with van der Waals surface area (Å²) in [6, 6.07) is 5.66.